The van der Waals surface area contributed by atoms with E-state index in [0.29, 0.717) is 17.7 Å². The Kier molecular flexibility index (Phi) is 4.26. The van der Waals surface area contributed by atoms with Crippen molar-refractivity contribution >= 4 is 11.6 Å². The van der Waals surface area contributed by atoms with Gasteiger partial charge in [-0.3, -0.25) is 0 Å². The molecule has 0 spiro atoms. The van der Waals surface area contributed by atoms with Crippen molar-refractivity contribution in [1.82, 2.24) is 5.32 Å². The van der Waals surface area contributed by atoms with Crippen molar-refractivity contribution in [2.45, 2.75) is 31.5 Å². The molecule has 1 aliphatic carbocycles. The van der Waals surface area contributed by atoms with E-state index in [9.17, 15) is 5.11 Å². The largest absolute Gasteiger partial charge is 0.489 e. The van der Waals surface area contributed by atoms with Crippen LogP contribution < -0.4 is 10.1 Å². The first kappa shape index (κ1) is 12.7. The number of hydrogen-bond acceptors (Lipinski definition) is 3. The van der Waals surface area contributed by atoms with E-state index in [1.807, 2.05) is 12.1 Å². The fourth-order valence-electron chi connectivity index (χ4n) is 1.80. The van der Waals surface area contributed by atoms with E-state index < -0.39 is 6.10 Å². The van der Waals surface area contributed by atoms with Gasteiger partial charge in [0.25, 0.3) is 0 Å². The van der Waals surface area contributed by atoms with Crippen LogP contribution in [0.1, 0.15) is 30.9 Å². The average Bonchev–Trinajstić information content (AvgIpc) is 2.25. The number of nitrogens with one attached hydrogen (secondary N) is 1. The first-order valence-electron chi connectivity index (χ1n) is 5.99. The van der Waals surface area contributed by atoms with Crippen molar-refractivity contribution in [2.24, 2.45) is 0 Å². The highest BCUT2D eigenvalue weighted by Gasteiger charge is 2.20. The third-order valence-electron chi connectivity index (χ3n) is 3.08. The third-order valence-corrected chi connectivity index (χ3v) is 3.38. The van der Waals surface area contributed by atoms with E-state index >= 15 is 0 Å². The topological polar surface area (TPSA) is 41.5 Å². The van der Waals surface area contributed by atoms with Crippen LogP contribution in [0.3, 0.4) is 0 Å². The number of ether oxygens (including phenoxy) is 1. The van der Waals surface area contributed by atoms with E-state index in [2.05, 4.69) is 5.32 Å². The van der Waals surface area contributed by atoms with Gasteiger partial charge in [0, 0.05) is 6.54 Å². The lowest BCUT2D eigenvalue weighted by molar-refractivity contribution is 0.120. The summed E-state index contributed by atoms with van der Waals surface area (Å²) >= 11 is 6.14. The molecule has 94 valence electrons. The lowest BCUT2D eigenvalue weighted by Gasteiger charge is -2.27. The number of hydrogen-bond donors (Lipinski definition) is 2. The van der Waals surface area contributed by atoms with Crippen molar-refractivity contribution in [3.63, 3.8) is 0 Å². The number of benzene rings is 1. The Labute approximate surface area is 107 Å². The minimum absolute atomic E-state index is 0.320. The summed E-state index contributed by atoms with van der Waals surface area (Å²) in [5.41, 5.74) is 0.810. The molecule has 1 aliphatic rings. The minimum Gasteiger partial charge on any atom is -0.489 e. The summed E-state index contributed by atoms with van der Waals surface area (Å²) < 4.78 is 5.75. The van der Waals surface area contributed by atoms with Gasteiger partial charge in [-0.05, 0) is 44.0 Å². The average molecular weight is 256 g/mol. The van der Waals surface area contributed by atoms with Gasteiger partial charge in [0.2, 0.25) is 0 Å². The van der Waals surface area contributed by atoms with E-state index in [1.165, 1.54) is 6.42 Å². The Balaban J connectivity index is 2.04. The highest BCUT2D eigenvalue weighted by atomic mass is 35.5. The standard InChI is InChI=1S/C13H18ClNO2/c1-15-8-12(16)9-5-6-13(11(14)7-9)17-10-3-2-4-10/h5-7,10,12,15-16H,2-4,8H2,1H3. The number of rotatable bonds is 5. The summed E-state index contributed by atoms with van der Waals surface area (Å²) in [6.45, 7) is 0.513. The van der Waals surface area contributed by atoms with Gasteiger partial charge in [-0.25, -0.2) is 0 Å². The van der Waals surface area contributed by atoms with Crippen molar-refractivity contribution < 1.29 is 9.84 Å². The number of aliphatic hydroxyl groups is 1. The van der Waals surface area contributed by atoms with Crippen molar-refractivity contribution in [1.29, 1.82) is 0 Å². The second kappa shape index (κ2) is 5.71. The van der Waals surface area contributed by atoms with Crippen molar-refractivity contribution in [3.8, 4) is 5.75 Å². The third kappa shape index (κ3) is 3.12. The zero-order valence-electron chi connectivity index (χ0n) is 9.95. The number of likely N-dealkylation sites (N-methyl/N-ethyl adjacent to an activating group) is 1. The first-order valence-corrected chi connectivity index (χ1v) is 6.37. The molecule has 3 nitrogen and oxygen atoms in total. The van der Waals surface area contributed by atoms with Crippen LogP contribution in [0, 0.1) is 0 Å². The highest BCUT2D eigenvalue weighted by Crippen LogP contribution is 2.32. The molecule has 4 heteroatoms. The summed E-state index contributed by atoms with van der Waals surface area (Å²) in [5.74, 6) is 0.719. The fraction of sp³-hybridized carbons (Fsp3) is 0.538. The van der Waals surface area contributed by atoms with Gasteiger partial charge >= 0.3 is 0 Å². The maximum absolute atomic E-state index is 9.81. The van der Waals surface area contributed by atoms with Crippen LogP contribution in [-0.4, -0.2) is 24.8 Å². The molecule has 0 aliphatic heterocycles. The zero-order valence-corrected chi connectivity index (χ0v) is 10.7. The van der Waals surface area contributed by atoms with Crippen LogP contribution in [-0.2, 0) is 0 Å². The molecule has 1 fully saturated rings. The first-order chi connectivity index (χ1) is 8.20. The van der Waals surface area contributed by atoms with E-state index in [0.717, 1.165) is 24.2 Å². The molecule has 2 N–H and O–H groups in total. The normalized spacial score (nSPS) is 17.6. The molecule has 2 rings (SSSR count). The minimum atomic E-state index is -0.532. The SMILES string of the molecule is CNCC(O)c1ccc(OC2CCC2)c(Cl)c1. The lowest BCUT2D eigenvalue weighted by atomic mass is 9.96. The molecule has 1 aromatic rings. The fourth-order valence-corrected chi connectivity index (χ4v) is 2.03. The molecule has 0 radical (unpaired) electrons. The molecule has 1 atom stereocenters. The van der Waals surface area contributed by atoms with E-state index in [-0.39, 0.29) is 0 Å². The summed E-state index contributed by atoms with van der Waals surface area (Å²) in [6.07, 6.45) is 3.25. The Morgan fingerprint density at radius 2 is 2.29 bits per heavy atom. The Bertz CT molecular complexity index is 380. The quantitative estimate of drug-likeness (QED) is 0.850. The van der Waals surface area contributed by atoms with Crippen LogP contribution in [0.15, 0.2) is 18.2 Å². The second-order valence-corrected chi connectivity index (χ2v) is 4.84. The van der Waals surface area contributed by atoms with Gasteiger partial charge < -0.3 is 15.2 Å². The predicted octanol–water partition coefficient (Wildman–Crippen LogP) is 2.52. The Morgan fingerprint density at radius 3 is 2.82 bits per heavy atom. The Hall–Kier alpha value is -0.770. The highest BCUT2D eigenvalue weighted by molar-refractivity contribution is 6.32. The van der Waals surface area contributed by atoms with Gasteiger partial charge in [-0.2, -0.15) is 0 Å². The molecule has 0 aromatic heterocycles. The Morgan fingerprint density at radius 1 is 1.53 bits per heavy atom. The molecule has 1 aromatic carbocycles. The summed E-state index contributed by atoms with van der Waals surface area (Å²) in [7, 11) is 1.80. The van der Waals surface area contributed by atoms with E-state index in [1.54, 1.807) is 13.1 Å². The van der Waals surface area contributed by atoms with Gasteiger partial charge in [-0.15, -0.1) is 0 Å². The summed E-state index contributed by atoms with van der Waals surface area (Å²) in [5, 5.41) is 13.3. The van der Waals surface area contributed by atoms with Gasteiger partial charge in [0.1, 0.15) is 5.75 Å². The molecule has 0 saturated heterocycles. The van der Waals surface area contributed by atoms with Crippen molar-refractivity contribution in [2.75, 3.05) is 13.6 Å². The summed E-state index contributed by atoms with van der Waals surface area (Å²) in [4.78, 5) is 0. The second-order valence-electron chi connectivity index (χ2n) is 4.43. The van der Waals surface area contributed by atoms with Crippen LogP contribution in [0.25, 0.3) is 0 Å². The van der Waals surface area contributed by atoms with Gasteiger partial charge in [0.05, 0.1) is 17.2 Å². The maximum atomic E-state index is 9.81. The monoisotopic (exact) mass is 255 g/mol. The molecule has 17 heavy (non-hydrogen) atoms. The zero-order chi connectivity index (χ0) is 12.3. The lowest BCUT2D eigenvalue weighted by Crippen LogP contribution is -2.24. The van der Waals surface area contributed by atoms with Crippen LogP contribution in [0.2, 0.25) is 5.02 Å². The van der Waals surface area contributed by atoms with Gasteiger partial charge in [-0.1, -0.05) is 17.7 Å². The van der Waals surface area contributed by atoms with Crippen LogP contribution >= 0.6 is 11.6 Å². The number of aliphatic hydroxyl groups excluding tert-OH is 1. The van der Waals surface area contributed by atoms with Gasteiger partial charge in [0.15, 0.2) is 0 Å². The predicted molar refractivity (Wildman–Crippen MR) is 68.6 cm³/mol. The molecule has 1 saturated carbocycles. The van der Waals surface area contributed by atoms with E-state index in [4.69, 9.17) is 16.3 Å². The molecule has 1 unspecified atom stereocenters. The molecular weight excluding hydrogens is 238 g/mol. The molecule has 0 heterocycles. The molecule has 0 bridgehead atoms. The molecule has 0 amide bonds. The summed E-state index contributed by atoms with van der Waals surface area (Å²) in [6, 6.07) is 5.48. The van der Waals surface area contributed by atoms with Crippen LogP contribution in [0.4, 0.5) is 0 Å². The smallest absolute Gasteiger partial charge is 0.138 e. The maximum Gasteiger partial charge on any atom is 0.138 e. The van der Waals surface area contributed by atoms with Crippen LogP contribution in [0.5, 0.6) is 5.75 Å². The van der Waals surface area contributed by atoms with Crippen molar-refractivity contribution in [3.05, 3.63) is 28.8 Å². The number of halogens is 1. The molecular formula is C13H18ClNO2.